The average molecular weight is 258 g/mol. The van der Waals surface area contributed by atoms with E-state index in [0.717, 1.165) is 13.1 Å². The quantitative estimate of drug-likeness (QED) is 0.832. The van der Waals surface area contributed by atoms with E-state index in [9.17, 15) is 0 Å². The van der Waals surface area contributed by atoms with E-state index in [2.05, 4.69) is 42.3 Å². The molecule has 0 atom stereocenters. The Kier molecular flexibility index (Phi) is 3.53. The zero-order valence-corrected chi connectivity index (χ0v) is 12.3. The van der Waals surface area contributed by atoms with Crippen LogP contribution in [0.3, 0.4) is 0 Å². The summed E-state index contributed by atoms with van der Waals surface area (Å²) < 4.78 is 0. The van der Waals surface area contributed by atoms with E-state index in [4.69, 9.17) is 0 Å². The minimum Gasteiger partial charge on any atom is -0.369 e. The maximum atomic E-state index is 3.66. The lowest BCUT2D eigenvalue weighted by Gasteiger charge is -2.34. The zero-order valence-electron chi connectivity index (χ0n) is 12.3. The molecule has 1 N–H and O–H groups in total. The molecule has 2 aliphatic rings. The van der Waals surface area contributed by atoms with Gasteiger partial charge in [-0.15, -0.1) is 0 Å². The molecule has 2 nitrogen and oxygen atoms in total. The van der Waals surface area contributed by atoms with Crippen molar-refractivity contribution in [1.29, 1.82) is 0 Å². The third kappa shape index (κ3) is 2.79. The molecule has 0 unspecified atom stereocenters. The van der Waals surface area contributed by atoms with Crippen molar-refractivity contribution in [2.24, 2.45) is 0 Å². The molecule has 0 aromatic heterocycles. The number of fused-ring (bicyclic) bond motifs is 1. The summed E-state index contributed by atoms with van der Waals surface area (Å²) >= 11 is 0. The first-order chi connectivity index (χ1) is 9.16. The number of benzene rings is 1. The smallest absolute Gasteiger partial charge is 0.0402 e. The Hall–Kier alpha value is -1.02. The molecule has 0 saturated carbocycles. The molecule has 1 fully saturated rings. The van der Waals surface area contributed by atoms with Crippen molar-refractivity contribution >= 4 is 5.69 Å². The summed E-state index contributed by atoms with van der Waals surface area (Å²) in [6.07, 6.45) is 6.52. The van der Waals surface area contributed by atoms with Crippen LogP contribution in [0.4, 0.5) is 5.69 Å². The Bertz CT molecular complexity index is 451. The number of hydrogen-bond donors (Lipinski definition) is 1. The van der Waals surface area contributed by atoms with Gasteiger partial charge in [0.15, 0.2) is 0 Å². The van der Waals surface area contributed by atoms with Gasteiger partial charge in [0.25, 0.3) is 0 Å². The molecular weight excluding hydrogens is 232 g/mol. The first kappa shape index (κ1) is 13.0. The lowest BCUT2D eigenvalue weighted by molar-refractivity contribution is 0.416. The van der Waals surface area contributed by atoms with Crippen molar-refractivity contribution in [3.63, 3.8) is 0 Å². The molecule has 3 rings (SSSR count). The Balaban J connectivity index is 1.92. The standard InChI is InChI=1S/C17H26N2/c1-17(2)13-19(12-6-11-18-17)16-10-5-8-14-7-3-4-9-15(14)16/h5,8,10,18H,3-4,6-7,9,11-13H2,1-2H3. The maximum absolute atomic E-state index is 3.66. The van der Waals surface area contributed by atoms with Gasteiger partial charge in [-0.1, -0.05) is 12.1 Å². The van der Waals surface area contributed by atoms with E-state index in [1.54, 1.807) is 11.1 Å². The zero-order chi connectivity index (χ0) is 13.3. The molecule has 0 bridgehead atoms. The van der Waals surface area contributed by atoms with Gasteiger partial charge >= 0.3 is 0 Å². The van der Waals surface area contributed by atoms with Gasteiger partial charge in [-0.2, -0.15) is 0 Å². The van der Waals surface area contributed by atoms with Crippen molar-refractivity contribution in [1.82, 2.24) is 5.32 Å². The highest BCUT2D eigenvalue weighted by Gasteiger charge is 2.26. The maximum Gasteiger partial charge on any atom is 0.0402 e. The van der Waals surface area contributed by atoms with Gasteiger partial charge in [0, 0.05) is 24.3 Å². The van der Waals surface area contributed by atoms with Crippen LogP contribution < -0.4 is 10.2 Å². The number of aryl methyl sites for hydroxylation is 1. The fourth-order valence-electron chi connectivity index (χ4n) is 3.57. The Labute approximate surface area is 117 Å². The molecule has 1 aliphatic carbocycles. The fraction of sp³-hybridized carbons (Fsp3) is 0.647. The topological polar surface area (TPSA) is 15.3 Å². The number of hydrogen-bond acceptors (Lipinski definition) is 2. The molecule has 104 valence electrons. The molecule has 0 spiro atoms. The number of nitrogens with zero attached hydrogens (tertiary/aromatic N) is 1. The van der Waals surface area contributed by atoms with Gasteiger partial charge in [0.05, 0.1) is 0 Å². The van der Waals surface area contributed by atoms with E-state index in [0.29, 0.717) is 0 Å². The predicted octanol–water partition coefficient (Wildman–Crippen LogP) is 3.14. The minimum absolute atomic E-state index is 0.216. The molecule has 1 heterocycles. The molecule has 19 heavy (non-hydrogen) atoms. The molecule has 2 heteroatoms. The largest absolute Gasteiger partial charge is 0.369 e. The predicted molar refractivity (Wildman–Crippen MR) is 82.0 cm³/mol. The lowest BCUT2D eigenvalue weighted by atomic mass is 9.89. The summed E-state index contributed by atoms with van der Waals surface area (Å²) in [6, 6.07) is 6.93. The highest BCUT2D eigenvalue weighted by Crippen LogP contribution is 2.31. The molecule has 1 aliphatic heterocycles. The molecule has 1 aromatic carbocycles. The highest BCUT2D eigenvalue weighted by atomic mass is 15.2. The van der Waals surface area contributed by atoms with E-state index >= 15 is 0 Å². The highest BCUT2D eigenvalue weighted by molar-refractivity contribution is 5.58. The second kappa shape index (κ2) is 5.16. The Morgan fingerprint density at radius 2 is 1.95 bits per heavy atom. The van der Waals surface area contributed by atoms with Gasteiger partial charge in [0.2, 0.25) is 0 Å². The second-order valence-corrected chi connectivity index (χ2v) is 6.71. The van der Waals surface area contributed by atoms with Crippen molar-refractivity contribution in [2.75, 3.05) is 24.5 Å². The van der Waals surface area contributed by atoms with E-state index in [1.165, 1.54) is 44.3 Å². The summed E-state index contributed by atoms with van der Waals surface area (Å²) in [5, 5.41) is 3.66. The third-order valence-electron chi connectivity index (χ3n) is 4.51. The van der Waals surface area contributed by atoms with E-state index in [1.807, 2.05) is 0 Å². The Morgan fingerprint density at radius 3 is 2.84 bits per heavy atom. The van der Waals surface area contributed by atoms with E-state index < -0.39 is 0 Å². The first-order valence-corrected chi connectivity index (χ1v) is 7.76. The van der Waals surface area contributed by atoms with Gasteiger partial charge in [0.1, 0.15) is 0 Å². The van der Waals surface area contributed by atoms with Crippen LogP contribution >= 0.6 is 0 Å². The SMILES string of the molecule is CC1(C)CN(c2cccc3c2CCCC3)CCCN1. The van der Waals surface area contributed by atoms with Crippen LogP contribution in [0.2, 0.25) is 0 Å². The number of nitrogens with one attached hydrogen (secondary N) is 1. The van der Waals surface area contributed by atoms with Gasteiger partial charge in [-0.25, -0.2) is 0 Å². The normalized spacial score (nSPS) is 22.7. The summed E-state index contributed by atoms with van der Waals surface area (Å²) in [7, 11) is 0. The first-order valence-electron chi connectivity index (χ1n) is 7.76. The van der Waals surface area contributed by atoms with Crippen molar-refractivity contribution in [3.8, 4) is 0 Å². The van der Waals surface area contributed by atoms with Crippen molar-refractivity contribution in [2.45, 2.75) is 51.5 Å². The van der Waals surface area contributed by atoms with Crippen LogP contribution in [0.5, 0.6) is 0 Å². The van der Waals surface area contributed by atoms with E-state index in [-0.39, 0.29) is 5.54 Å². The second-order valence-electron chi connectivity index (χ2n) is 6.71. The monoisotopic (exact) mass is 258 g/mol. The summed E-state index contributed by atoms with van der Waals surface area (Å²) in [5.74, 6) is 0. The molecule has 0 amide bonds. The van der Waals surface area contributed by atoms with Crippen molar-refractivity contribution < 1.29 is 0 Å². The van der Waals surface area contributed by atoms with Crippen LogP contribution in [-0.4, -0.2) is 25.2 Å². The summed E-state index contributed by atoms with van der Waals surface area (Å²) in [5.41, 5.74) is 4.95. The minimum atomic E-state index is 0.216. The number of rotatable bonds is 1. The fourth-order valence-corrected chi connectivity index (χ4v) is 3.57. The van der Waals surface area contributed by atoms with Crippen LogP contribution in [0, 0.1) is 0 Å². The third-order valence-corrected chi connectivity index (χ3v) is 4.51. The van der Waals surface area contributed by atoms with Crippen molar-refractivity contribution in [3.05, 3.63) is 29.3 Å². The molecule has 1 saturated heterocycles. The average Bonchev–Trinajstić information content (AvgIpc) is 2.59. The summed E-state index contributed by atoms with van der Waals surface area (Å²) in [4.78, 5) is 2.62. The number of anilines is 1. The van der Waals surface area contributed by atoms with Crippen LogP contribution in [0.1, 0.15) is 44.2 Å². The van der Waals surface area contributed by atoms with Crippen LogP contribution in [0.15, 0.2) is 18.2 Å². The van der Waals surface area contributed by atoms with Gasteiger partial charge in [-0.3, -0.25) is 0 Å². The van der Waals surface area contributed by atoms with Gasteiger partial charge < -0.3 is 10.2 Å². The summed E-state index contributed by atoms with van der Waals surface area (Å²) in [6.45, 7) is 8.08. The molecular formula is C17H26N2. The molecule has 0 radical (unpaired) electrons. The Morgan fingerprint density at radius 1 is 1.11 bits per heavy atom. The lowest BCUT2D eigenvalue weighted by Crippen LogP contribution is -2.46. The van der Waals surface area contributed by atoms with Gasteiger partial charge in [-0.05, 0) is 69.7 Å². The van der Waals surface area contributed by atoms with Crippen LogP contribution in [-0.2, 0) is 12.8 Å². The molecule has 1 aromatic rings. The van der Waals surface area contributed by atoms with Crippen LogP contribution in [0.25, 0.3) is 0 Å².